The van der Waals surface area contributed by atoms with E-state index in [1.54, 1.807) is 23.8 Å². The van der Waals surface area contributed by atoms with Gasteiger partial charge in [-0.15, -0.1) is 0 Å². The van der Waals surface area contributed by atoms with Crippen molar-refractivity contribution in [1.29, 1.82) is 0 Å². The van der Waals surface area contributed by atoms with E-state index in [1.165, 1.54) is 0 Å². The summed E-state index contributed by atoms with van der Waals surface area (Å²) in [6.07, 6.45) is 2.74. The predicted octanol–water partition coefficient (Wildman–Crippen LogP) is 4.21. The van der Waals surface area contributed by atoms with Crippen LogP contribution in [-0.4, -0.2) is 47.3 Å². The molecule has 9 nitrogen and oxygen atoms in total. The molecule has 1 heterocycles. The molecule has 9 heteroatoms. The van der Waals surface area contributed by atoms with Crippen LogP contribution < -0.4 is 25.6 Å². The van der Waals surface area contributed by atoms with Crippen molar-refractivity contribution in [3.8, 4) is 11.5 Å². The van der Waals surface area contributed by atoms with Crippen LogP contribution in [0, 0.1) is 13.8 Å². The Bertz CT molecular complexity index is 1180. The van der Waals surface area contributed by atoms with Crippen LogP contribution in [-0.2, 0) is 11.2 Å². The summed E-state index contributed by atoms with van der Waals surface area (Å²) >= 11 is 0. The number of rotatable bonds is 13. The third-order valence-electron chi connectivity index (χ3n) is 5.76. The van der Waals surface area contributed by atoms with E-state index in [-0.39, 0.29) is 12.5 Å². The van der Waals surface area contributed by atoms with Crippen LogP contribution >= 0.6 is 0 Å². The van der Waals surface area contributed by atoms with Gasteiger partial charge in [-0.1, -0.05) is 18.2 Å². The number of hydrogen-bond acceptors (Lipinski definition) is 7. The summed E-state index contributed by atoms with van der Waals surface area (Å²) in [6, 6.07) is 15.6. The molecule has 0 saturated heterocycles. The summed E-state index contributed by atoms with van der Waals surface area (Å²) in [5.74, 6) is 1.11. The molecule has 1 atom stereocenters. The third-order valence-corrected chi connectivity index (χ3v) is 5.76. The Morgan fingerprint density at radius 1 is 1.00 bits per heavy atom. The van der Waals surface area contributed by atoms with Crippen molar-refractivity contribution in [2.45, 2.75) is 52.7 Å². The first-order valence-corrected chi connectivity index (χ1v) is 12.7. The number of aryl methyl sites for hydroxylation is 2. The Hall–Kier alpha value is -4.11. The Morgan fingerprint density at radius 3 is 2.32 bits per heavy atom. The van der Waals surface area contributed by atoms with Gasteiger partial charge in [0.1, 0.15) is 23.4 Å². The standard InChI is InChI=1S/C29H36N4O5/c1-19(2)38-24-16-20(3)27(21(4)17-24)29(35)32-25(28(34)33-36)18-22-9-11-23(12-10-22)37-15-7-14-31-26-8-5-6-13-30-26/h5-6,8-13,16-17,19,25,36H,7,14-15,18H2,1-4H3,(H,30,31)(H,32,35)(H,33,34)/t25-/m0/s1. The topological polar surface area (TPSA) is 122 Å². The van der Waals surface area contributed by atoms with Crippen LogP contribution in [0.25, 0.3) is 0 Å². The first kappa shape index (κ1) is 28.5. The van der Waals surface area contributed by atoms with Crippen molar-refractivity contribution in [1.82, 2.24) is 15.8 Å². The van der Waals surface area contributed by atoms with Crippen molar-refractivity contribution in [2.75, 3.05) is 18.5 Å². The zero-order valence-corrected chi connectivity index (χ0v) is 22.3. The lowest BCUT2D eigenvalue weighted by atomic mass is 10.00. The fraction of sp³-hybridized carbons (Fsp3) is 0.345. The molecule has 0 aliphatic heterocycles. The van der Waals surface area contributed by atoms with Crippen LogP contribution in [0.3, 0.4) is 0 Å². The minimum Gasteiger partial charge on any atom is -0.494 e. The third kappa shape index (κ3) is 8.48. The smallest absolute Gasteiger partial charge is 0.266 e. The molecule has 3 rings (SSSR count). The van der Waals surface area contributed by atoms with Gasteiger partial charge in [0.15, 0.2) is 0 Å². The maximum absolute atomic E-state index is 13.1. The molecule has 0 spiro atoms. The quantitative estimate of drug-likeness (QED) is 0.151. The van der Waals surface area contributed by atoms with E-state index in [1.807, 2.05) is 70.2 Å². The molecule has 4 N–H and O–H groups in total. The highest BCUT2D eigenvalue weighted by molar-refractivity contribution is 6.00. The molecule has 0 bridgehead atoms. The van der Waals surface area contributed by atoms with Gasteiger partial charge in [-0.3, -0.25) is 14.8 Å². The molecule has 0 saturated carbocycles. The van der Waals surface area contributed by atoms with Gasteiger partial charge < -0.3 is 20.1 Å². The SMILES string of the molecule is Cc1cc(OC(C)C)cc(C)c1C(=O)N[C@@H](Cc1ccc(OCCCNc2ccccn2)cc1)C(=O)NO. The number of aromatic nitrogens is 1. The highest BCUT2D eigenvalue weighted by Crippen LogP contribution is 2.23. The zero-order chi connectivity index (χ0) is 27.5. The van der Waals surface area contributed by atoms with Gasteiger partial charge >= 0.3 is 0 Å². The number of nitrogens with one attached hydrogen (secondary N) is 3. The zero-order valence-electron chi connectivity index (χ0n) is 22.3. The summed E-state index contributed by atoms with van der Waals surface area (Å²) < 4.78 is 11.5. The summed E-state index contributed by atoms with van der Waals surface area (Å²) in [7, 11) is 0. The van der Waals surface area contributed by atoms with Gasteiger partial charge in [-0.2, -0.15) is 0 Å². The van der Waals surface area contributed by atoms with Crippen molar-refractivity contribution < 1.29 is 24.3 Å². The number of amides is 2. The number of nitrogens with zero attached hydrogens (tertiary/aromatic N) is 1. The average molecular weight is 521 g/mol. The Balaban J connectivity index is 1.56. The first-order valence-electron chi connectivity index (χ1n) is 12.7. The molecule has 2 aromatic carbocycles. The van der Waals surface area contributed by atoms with Crippen LogP contribution in [0.15, 0.2) is 60.8 Å². The molecular formula is C29H36N4O5. The van der Waals surface area contributed by atoms with Crippen LogP contribution in [0.1, 0.15) is 47.3 Å². The molecule has 1 aromatic heterocycles. The number of anilines is 1. The lowest BCUT2D eigenvalue weighted by Gasteiger charge is -2.20. The molecule has 2 amide bonds. The second-order valence-electron chi connectivity index (χ2n) is 9.29. The minimum atomic E-state index is -0.970. The van der Waals surface area contributed by atoms with Crippen molar-refractivity contribution in [3.63, 3.8) is 0 Å². The van der Waals surface area contributed by atoms with Gasteiger partial charge in [-0.25, -0.2) is 10.5 Å². The molecule has 0 unspecified atom stereocenters. The van der Waals surface area contributed by atoms with Gasteiger partial charge in [0.25, 0.3) is 11.8 Å². The molecule has 38 heavy (non-hydrogen) atoms. The van der Waals surface area contributed by atoms with E-state index in [2.05, 4.69) is 15.6 Å². The van der Waals surface area contributed by atoms with Crippen molar-refractivity contribution in [3.05, 3.63) is 83.0 Å². The molecule has 0 aliphatic rings. The molecule has 0 radical (unpaired) electrons. The Kier molecular flexibility index (Phi) is 10.5. The monoisotopic (exact) mass is 520 g/mol. The lowest BCUT2D eigenvalue weighted by Crippen LogP contribution is -2.47. The van der Waals surface area contributed by atoms with Crippen LogP contribution in [0.4, 0.5) is 5.82 Å². The van der Waals surface area contributed by atoms with Gasteiger partial charge in [-0.05, 0) is 87.2 Å². The van der Waals surface area contributed by atoms with Crippen LogP contribution in [0.2, 0.25) is 0 Å². The predicted molar refractivity (Wildman–Crippen MR) is 146 cm³/mol. The second-order valence-corrected chi connectivity index (χ2v) is 9.29. The largest absolute Gasteiger partial charge is 0.494 e. The van der Waals surface area contributed by atoms with E-state index >= 15 is 0 Å². The Labute approximate surface area is 223 Å². The molecule has 3 aromatic rings. The highest BCUT2D eigenvalue weighted by atomic mass is 16.5. The Morgan fingerprint density at radius 2 is 1.71 bits per heavy atom. The highest BCUT2D eigenvalue weighted by Gasteiger charge is 2.24. The maximum Gasteiger partial charge on any atom is 0.266 e. The van der Waals surface area contributed by atoms with Gasteiger partial charge in [0.2, 0.25) is 0 Å². The number of hydroxylamine groups is 1. The molecule has 0 fully saturated rings. The van der Waals surface area contributed by atoms with E-state index in [0.717, 1.165) is 35.5 Å². The van der Waals surface area contributed by atoms with Crippen molar-refractivity contribution >= 4 is 17.6 Å². The lowest BCUT2D eigenvalue weighted by molar-refractivity contribution is -0.131. The van der Waals surface area contributed by atoms with E-state index in [9.17, 15) is 14.8 Å². The van der Waals surface area contributed by atoms with E-state index in [4.69, 9.17) is 9.47 Å². The van der Waals surface area contributed by atoms with Crippen molar-refractivity contribution in [2.24, 2.45) is 0 Å². The summed E-state index contributed by atoms with van der Waals surface area (Å²) in [5, 5.41) is 15.2. The first-order chi connectivity index (χ1) is 18.3. The number of benzene rings is 2. The summed E-state index contributed by atoms with van der Waals surface area (Å²) in [6.45, 7) is 8.78. The number of ether oxygens (including phenoxy) is 2. The van der Waals surface area contributed by atoms with E-state index in [0.29, 0.717) is 23.7 Å². The molecule has 202 valence electrons. The minimum absolute atomic E-state index is 0.0112. The normalized spacial score (nSPS) is 11.5. The van der Waals surface area contributed by atoms with Gasteiger partial charge in [0, 0.05) is 24.7 Å². The number of hydrogen-bond donors (Lipinski definition) is 4. The van der Waals surface area contributed by atoms with Crippen LogP contribution in [0.5, 0.6) is 11.5 Å². The van der Waals surface area contributed by atoms with Gasteiger partial charge in [0.05, 0.1) is 12.7 Å². The number of carbonyl (C=O) groups excluding carboxylic acids is 2. The van der Waals surface area contributed by atoms with E-state index < -0.39 is 17.9 Å². The fourth-order valence-corrected chi connectivity index (χ4v) is 4.04. The average Bonchev–Trinajstić information content (AvgIpc) is 2.88. The molecule has 0 aliphatic carbocycles. The maximum atomic E-state index is 13.1. The second kappa shape index (κ2) is 14.0. The summed E-state index contributed by atoms with van der Waals surface area (Å²) in [5.41, 5.74) is 4.40. The fourth-order valence-electron chi connectivity index (χ4n) is 4.04. The summed E-state index contributed by atoms with van der Waals surface area (Å²) in [4.78, 5) is 29.7. The molecular weight excluding hydrogens is 484 g/mol. The number of carbonyl (C=O) groups is 2. The number of pyridine rings is 1.